The van der Waals surface area contributed by atoms with Gasteiger partial charge in [-0.25, -0.2) is 9.59 Å². The summed E-state index contributed by atoms with van der Waals surface area (Å²) in [6.45, 7) is 9.42. The van der Waals surface area contributed by atoms with Crippen LogP contribution in [0.1, 0.15) is 66.2 Å². The Balaban J connectivity index is 2.15. The fourth-order valence-electron chi connectivity index (χ4n) is 3.03. The smallest absolute Gasteiger partial charge is 0.408 e. The molecule has 0 aliphatic rings. The van der Waals surface area contributed by atoms with Crippen molar-refractivity contribution in [1.82, 2.24) is 15.5 Å². The molecule has 0 unspecified atom stereocenters. The van der Waals surface area contributed by atoms with Crippen molar-refractivity contribution in [2.75, 3.05) is 0 Å². The van der Waals surface area contributed by atoms with E-state index in [9.17, 15) is 14.7 Å². The fourth-order valence-corrected chi connectivity index (χ4v) is 3.03. The Morgan fingerprint density at radius 2 is 1.84 bits per heavy atom. The van der Waals surface area contributed by atoms with Crippen LogP contribution < -0.4 is 5.32 Å². The van der Waals surface area contributed by atoms with Crippen LogP contribution in [0, 0.1) is 5.41 Å². The van der Waals surface area contributed by atoms with Gasteiger partial charge in [-0.05, 0) is 31.9 Å². The molecule has 1 aromatic heterocycles. The summed E-state index contributed by atoms with van der Waals surface area (Å²) in [5.41, 5.74) is -0.972. The average Bonchev–Trinajstić information content (AvgIpc) is 3.21. The summed E-state index contributed by atoms with van der Waals surface area (Å²) < 4.78 is 11.5. The van der Waals surface area contributed by atoms with Crippen LogP contribution in [0.25, 0.3) is 11.5 Å². The van der Waals surface area contributed by atoms with Gasteiger partial charge in [-0.2, -0.15) is 0 Å². The summed E-state index contributed by atoms with van der Waals surface area (Å²) in [6, 6.07) is 9.41. The van der Waals surface area contributed by atoms with Crippen molar-refractivity contribution in [3.8, 4) is 11.5 Å². The third kappa shape index (κ3) is 6.54. The van der Waals surface area contributed by atoms with Crippen LogP contribution in [0.15, 0.2) is 34.7 Å². The van der Waals surface area contributed by atoms with Gasteiger partial charge in [0.25, 0.3) is 0 Å². The van der Waals surface area contributed by atoms with Crippen molar-refractivity contribution >= 4 is 12.1 Å². The molecule has 1 aromatic carbocycles. The topological polar surface area (TPSA) is 115 Å². The lowest BCUT2D eigenvalue weighted by atomic mass is 9.82. The summed E-state index contributed by atoms with van der Waals surface area (Å²) in [5, 5.41) is 20.3. The molecule has 170 valence electrons. The minimum atomic E-state index is -1.39. The molecule has 0 radical (unpaired) electrons. The van der Waals surface area contributed by atoms with Crippen molar-refractivity contribution in [2.24, 2.45) is 5.41 Å². The largest absolute Gasteiger partial charge is 0.480 e. The number of carbonyl (C=O) groups excluding carboxylic acids is 1. The molecule has 0 spiro atoms. The second-order valence-corrected chi connectivity index (χ2v) is 8.67. The number of hydrogen-bond donors (Lipinski definition) is 2. The first-order valence-corrected chi connectivity index (χ1v) is 10.7. The highest BCUT2D eigenvalue weighted by atomic mass is 16.6. The van der Waals surface area contributed by atoms with E-state index in [0.29, 0.717) is 24.6 Å². The summed E-state index contributed by atoms with van der Waals surface area (Å²) in [5.74, 6) is -0.343. The number of alkyl carbamates (subject to hydrolysis) is 1. The summed E-state index contributed by atoms with van der Waals surface area (Å²) in [4.78, 5) is 24.4. The molecule has 8 heteroatoms. The number of carboxylic acid groups (broad SMARTS) is 1. The van der Waals surface area contributed by atoms with Crippen LogP contribution >= 0.6 is 0 Å². The van der Waals surface area contributed by atoms with Gasteiger partial charge < -0.3 is 19.6 Å². The van der Waals surface area contributed by atoms with Gasteiger partial charge in [0.2, 0.25) is 11.8 Å². The Hall–Kier alpha value is -2.90. The molecule has 0 bridgehead atoms. The average molecular weight is 432 g/mol. The van der Waals surface area contributed by atoms with E-state index in [-0.39, 0.29) is 11.8 Å². The number of nitrogens with zero attached hydrogens (tertiary/aromatic N) is 2. The maximum atomic E-state index is 12.7. The monoisotopic (exact) mass is 431 g/mol. The van der Waals surface area contributed by atoms with E-state index in [1.54, 1.807) is 0 Å². The van der Waals surface area contributed by atoms with Crippen molar-refractivity contribution in [1.29, 1.82) is 0 Å². The molecule has 1 heterocycles. The van der Waals surface area contributed by atoms with Crippen molar-refractivity contribution in [2.45, 2.75) is 78.4 Å². The highest BCUT2D eigenvalue weighted by molar-refractivity contribution is 5.83. The summed E-state index contributed by atoms with van der Waals surface area (Å²) >= 11 is 0. The molecule has 2 atom stereocenters. The standard InChI is InChI=1S/C23H33N3O5/c1-6-8-14-23(5,20(27)28)24-21(29)30-17(22(3,4)7-2)15-18-25-26-19(31-18)16-12-10-9-11-13-16/h9-13,17H,6-8,14-15H2,1-5H3,(H,24,29)(H,27,28)/t17-,23-/m0/s1. The van der Waals surface area contributed by atoms with Crippen LogP contribution in [0.4, 0.5) is 4.79 Å². The minimum absolute atomic E-state index is 0.229. The van der Waals surface area contributed by atoms with Crippen LogP contribution in [0.5, 0.6) is 0 Å². The fraction of sp³-hybridized carbons (Fsp3) is 0.565. The van der Waals surface area contributed by atoms with E-state index in [0.717, 1.165) is 18.4 Å². The third-order valence-electron chi connectivity index (χ3n) is 5.76. The molecule has 1 amide bonds. The molecule has 2 N–H and O–H groups in total. The minimum Gasteiger partial charge on any atom is -0.480 e. The Kier molecular flexibility index (Phi) is 8.19. The number of carboxylic acids is 1. The number of ether oxygens (including phenoxy) is 1. The van der Waals surface area contributed by atoms with E-state index in [1.807, 2.05) is 58.0 Å². The number of hydrogen-bond acceptors (Lipinski definition) is 6. The molecule has 0 fully saturated rings. The Labute approximate surface area is 183 Å². The SMILES string of the molecule is CCCC[C@](C)(NC(=O)O[C@@H](Cc1nnc(-c2ccccc2)o1)C(C)(C)CC)C(=O)O. The van der Waals surface area contributed by atoms with Gasteiger partial charge in [-0.15, -0.1) is 10.2 Å². The van der Waals surface area contributed by atoms with Gasteiger partial charge in [-0.1, -0.05) is 58.7 Å². The maximum absolute atomic E-state index is 12.7. The molecule has 31 heavy (non-hydrogen) atoms. The molecular formula is C23H33N3O5. The third-order valence-corrected chi connectivity index (χ3v) is 5.76. The molecular weight excluding hydrogens is 398 g/mol. The highest BCUT2D eigenvalue weighted by Gasteiger charge is 2.38. The van der Waals surface area contributed by atoms with Crippen LogP contribution in [0.2, 0.25) is 0 Å². The number of aliphatic carboxylic acids is 1. The zero-order valence-electron chi connectivity index (χ0n) is 19.0. The van der Waals surface area contributed by atoms with Crippen LogP contribution in [-0.4, -0.2) is 39.0 Å². The summed E-state index contributed by atoms with van der Waals surface area (Å²) in [6.07, 6.45) is 1.44. The molecule has 2 rings (SSSR count). The first kappa shape index (κ1) is 24.4. The number of nitrogens with one attached hydrogen (secondary N) is 1. The predicted octanol–water partition coefficient (Wildman–Crippen LogP) is 4.84. The zero-order chi connectivity index (χ0) is 23.1. The predicted molar refractivity (Wildman–Crippen MR) is 116 cm³/mol. The normalized spacial score (nSPS) is 14.5. The van der Waals surface area contributed by atoms with E-state index in [1.165, 1.54) is 6.92 Å². The van der Waals surface area contributed by atoms with Crippen molar-refractivity contribution in [3.63, 3.8) is 0 Å². The molecule has 0 saturated heterocycles. The molecule has 0 saturated carbocycles. The molecule has 0 aliphatic heterocycles. The van der Waals surface area contributed by atoms with Gasteiger partial charge in [0.05, 0.1) is 6.42 Å². The molecule has 0 aliphatic carbocycles. The van der Waals surface area contributed by atoms with E-state index >= 15 is 0 Å². The van der Waals surface area contributed by atoms with Gasteiger partial charge in [0.1, 0.15) is 11.6 Å². The Morgan fingerprint density at radius 3 is 2.42 bits per heavy atom. The van der Waals surface area contributed by atoms with Gasteiger partial charge in [-0.3, -0.25) is 0 Å². The van der Waals surface area contributed by atoms with E-state index < -0.39 is 23.7 Å². The second kappa shape index (κ2) is 10.4. The van der Waals surface area contributed by atoms with Crippen molar-refractivity contribution < 1.29 is 23.8 Å². The van der Waals surface area contributed by atoms with Crippen molar-refractivity contribution in [3.05, 3.63) is 36.2 Å². The first-order chi connectivity index (χ1) is 14.6. The number of aromatic nitrogens is 2. The Bertz CT molecular complexity index is 865. The van der Waals surface area contributed by atoms with Crippen LogP contribution in [0.3, 0.4) is 0 Å². The second-order valence-electron chi connectivity index (χ2n) is 8.67. The lowest BCUT2D eigenvalue weighted by molar-refractivity contribution is -0.144. The number of unbranched alkanes of at least 4 members (excludes halogenated alkanes) is 1. The van der Waals surface area contributed by atoms with Gasteiger partial charge in [0, 0.05) is 11.0 Å². The number of rotatable bonds is 11. The summed E-state index contributed by atoms with van der Waals surface area (Å²) in [7, 11) is 0. The lowest BCUT2D eigenvalue weighted by Gasteiger charge is -2.33. The van der Waals surface area contributed by atoms with E-state index in [4.69, 9.17) is 9.15 Å². The molecule has 8 nitrogen and oxygen atoms in total. The quantitative estimate of drug-likeness (QED) is 0.523. The number of benzene rings is 1. The maximum Gasteiger partial charge on any atom is 0.408 e. The number of carbonyl (C=O) groups is 2. The first-order valence-electron chi connectivity index (χ1n) is 10.7. The van der Waals surface area contributed by atoms with Gasteiger partial charge in [0.15, 0.2) is 0 Å². The number of amides is 1. The molecule has 2 aromatic rings. The Morgan fingerprint density at radius 1 is 1.16 bits per heavy atom. The highest BCUT2D eigenvalue weighted by Crippen LogP contribution is 2.31. The van der Waals surface area contributed by atoms with Crippen LogP contribution in [-0.2, 0) is 16.0 Å². The lowest BCUT2D eigenvalue weighted by Crippen LogP contribution is -2.53. The van der Waals surface area contributed by atoms with E-state index in [2.05, 4.69) is 15.5 Å². The zero-order valence-corrected chi connectivity index (χ0v) is 19.0. The van der Waals surface area contributed by atoms with Gasteiger partial charge >= 0.3 is 12.1 Å².